The summed E-state index contributed by atoms with van der Waals surface area (Å²) in [6.07, 6.45) is 2.19. The molecule has 8 heteroatoms. The molecule has 24 heavy (non-hydrogen) atoms. The summed E-state index contributed by atoms with van der Waals surface area (Å²) in [6, 6.07) is 5.19. The first-order chi connectivity index (χ1) is 11.6. The first-order valence-electron chi connectivity index (χ1n) is 7.61. The molecule has 0 atom stereocenters. The summed E-state index contributed by atoms with van der Waals surface area (Å²) in [5, 5.41) is 4.46. The molecule has 0 fully saturated rings. The van der Waals surface area contributed by atoms with Gasteiger partial charge in [0, 0.05) is 6.54 Å². The molecule has 0 bridgehead atoms. The number of amides is 1. The van der Waals surface area contributed by atoms with Gasteiger partial charge in [0.1, 0.15) is 17.0 Å². The molecule has 0 spiro atoms. The Bertz CT molecular complexity index is 966. The minimum absolute atomic E-state index is 0.142. The van der Waals surface area contributed by atoms with Crippen LogP contribution in [0.1, 0.15) is 19.1 Å². The molecule has 0 radical (unpaired) electrons. The Morgan fingerprint density at radius 1 is 1.29 bits per heavy atom. The Labute approximate surface area is 141 Å². The van der Waals surface area contributed by atoms with Crippen molar-refractivity contribution < 1.29 is 9.21 Å². The summed E-state index contributed by atoms with van der Waals surface area (Å²) in [7, 11) is 0. The zero-order chi connectivity index (χ0) is 17.1. The molecule has 3 aromatic rings. The van der Waals surface area contributed by atoms with Crippen molar-refractivity contribution in [1.82, 2.24) is 14.5 Å². The molecule has 0 aliphatic rings. The van der Waals surface area contributed by atoms with E-state index in [0.29, 0.717) is 28.9 Å². The summed E-state index contributed by atoms with van der Waals surface area (Å²) in [6.45, 7) is 2.34. The van der Waals surface area contributed by atoms with E-state index in [0.717, 1.165) is 0 Å². The van der Waals surface area contributed by atoms with Crippen LogP contribution in [0.3, 0.4) is 0 Å². The van der Waals surface area contributed by atoms with Gasteiger partial charge in [-0.1, -0.05) is 6.92 Å². The normalized spacial score (nSPS) is 11.0. The Morgan fingerprint density at radius 3 is 2.83 bits per heavy atom. The quantitative estimate of drug-likeness (QED) is 0.733. The summed E-state index contributed by atoms with van der Waals surface area (Å²) in [5.41, 5.74) is -0.254. The fourth-order valence-corrected chi connectivity index (χ4v) is 3.35. The summed E-state index contributed by atoms with van der Waals surface area (Å²) in [5.74, 6) is 0.315. The van der Waals surface area contributed by atoms with E-state index in [1.807, 2.05) is 6.92 Å². The van der Waals surface area contributed by atoms with Crippen LogP contribution in [0.25, 0.3) is 10.2 Å². The van der Waals surface area contributed by atoms with E-state index in [1.54, 1.807) is 23.6 Å². The van der Waals surface area contributed by atoms with Gasteiger partial charge in [0.15, 0.2) is 0 Å². The Balaban J connectivity index is 1.90. The topological polar surface area (TPSA) is 86.2 Å². The fraction of sp³-hybridized carbons (Fsp3) is 0.312. The van der Waals surface area contributed by atoms with Crippen molar-refractivity contribution in [1.29, 1.82) is 0 Å². The highest BCUT2D eigenvalue weighted by Gasteiger charge is 2.16. The summed E-state index contributed by atoms with van der Waals surface area (Å²) >= 11 is 1.28. The first kappa shape index (κ1) is 16.3. The molecule has 0 aliphatic heterocycles. The Hall–Kier alpha value is -2.61. The maximum atomic E-state index is 12.6. The minimum atomic E-state index is -0.458. The number of carbonyl (C=O) groups excluding carboxylic acids is 1. The predicted molar refractivity (Wildman–Crippen MR) is 91.2 cm³/mol. The maximum absolute atomic E-state index is 12.6. The van der Waals surface area contributed by atoms with Crippen LogP contribution in [0.4, 0.5) is 0 Å². The molecule has 0 aliphatic carbocycles. The number of thiophene rings is 1. The molecular weight excluding hydrogens is 330 g/mol. The third kappa shape index (κ3) is 3.05. The number of fused-ring (bicyclic) bond motifs is 1. The molecule has 3 aromatic heterocycles. The lowest BCUT2D eigenvalue weighted by Crippen LogP contribution is -2.42. The van der Waals surface area contributed by atoms with E-state index < -0.39 is 5.69 Å². The van der Waals surface area contributed by atoms with E-state index in [9.17, 15) is 14.4 Å². The second kappa shape index (κ2) is 6.88. The van der Waals surface area contributed by atoms with Gasteiger partial charge in [-0.05, 0) is 30.0 Å². The Morgan fingerprint density at radius 2 is 2.12 bits per heavy atom. The second-order valence-electron chi connectivity index (χ2n) is 5.32. The number of aromatic nitrogens is 2. The highest BCUT2D eigenvalue weighted by Crippen LogP contribution is 2.15. The average molecular weight is 347 g/mol. The van der Waals surface area contributed by atoms with E-state index in [1.165, 1.54) is 26.7 Å². The second-order valence-corrected chi connectivity index (χ2v) is 6.23. The standard InChI is InChI=1S/C16H17N3O4S/c1-2-6-18-15(21)14-12(5-8-24-14)19(16(18)22)10-13(20)17-9-11-4-3-7-23-11/h3-5,7-8H,2,6,9-10H2,1H3,(H,17,20). The van der Waals surface area contributed by atoms with Gasteiger partial charge >= 0.3 is 5.69 Å². The first-order valence-corrected chi connectivity index (χ1v) is 8.49. The van der Waals surface area contributed by atoms with Gasteiger partial charge in [0.2, 0.25) is 5.91 Å². The largest absolute Gasteiger partial charge is 0.467 e. The molecule has 0 unspecified atom stereocenters. The number of nitrogens with zero attached hydrogens (tertiary/aromatic N) is 2. The lowest BCUT2D eigenvalue weighted by atomic mass is 10.4. The predicted octanol–water partition coefficient (Wildman–Crippen LogP) is 1.54. The van der Waals surface area contributed by atoms with Crippen LogP contribution < -0.4 is 16.6 Å². The molecule has 126 valence electrons. The molecule has 1 amide bonds. The third-order valence-electron chi connectivity index (χ3n) is 3.63. The van der Waals surface area contributed by atoms with Crippen LogP contribution in [0.15, 0.2) is 43.8 Å². The van der Waals surface area contributed by atoms with Gasteiger partial charge in [-0.3, -0.25) is 18.7 Å². The molecular formula is C16H17N3O4S. The van der Waals surface area contributed by atoms with Crippen molar-refractivity contribution in [3.63, 3.8) is 0 Å². The highest BCUT2D eigenvalue weighted by atomic mass is 32.1. The van der Waals surface area contributed by atoms with Gasteiger partial charge in [-0.15, -0.1) is 11.3 Å². The van der Waals surface area contributed by atoms with Crippen LogP contribution in [-0.4, -0.2) is 15.0 Å². The molecule has 3 rings (SSSR count). The maximum Gasteiger partial charge on any atom is 0.332 e. The number of hydrogen-bond donors (Lipinski definition) is 1. The van der Waals surface area contributed by atoms with Gasteiger partial charge in [-0.2, -0.15) is 0 Å². The van der Waals surface area contributed by atoms with Crippen LogP contribution in [0.2, 0.25) is 0 Å². The van der Waals surface area contributed by atoms with Gasteiger partial charge < -0.3 is 9.73 Å². The van der Waals surface area contributed by atoms with E-state index in [-0.39, 0.29) is 24.6 Å². The molecule has 7 nitrogen and oxygen atoms in total. The zero-order valence-corrected chi connectivity index (χ0v) is 14.0. The number of furan rings is 1. The monoisotopic (exact) mass is 347 g/mol. The van der Waals surface area contributed by atoms with E-state index >= 15 is 0 Å². The Kier molecular flexibility index (Phi) is 4.66. The van der Waals surface area contributed by atoms with Crippen molar-refractivity contribution >= 4 is 27.5 Å². The van der Waals surface area contributed by atoms with Gasteiger partial charge in [-0.25, -0.2) is 4.79 Å². The van der Waals surface area contributed by atoms with Crippen LogP contribution in [0, 0.1) is 0 Å². The van der Waals surface area contributed by atoms with Crippen molar-refractivity contribution in [3.8, 4) is 0 Å². The molecule has 3 heterocycles. The van der Waals surface area contributed by atoms with Crippen molar-refractivity contribution in [2.45, 2.75) is 33.0 Å². The fourth-order valence-electron chi connectivity index (χ4n) is 2.51. The van der Waals surface area contributed by atoms with E-state index in [4.69, 9.17) is 4.42 Å². The van der Waals surface area contributed by atoms with Crippen molar-refractivity contribution in [2.75, 3.05) is 0 Å². The summed E-state index contributed by atoms with van der Waals surface area (Å²) in [4.78, 5) is 37.1. The van der Waals surface area contributed by atoms with Crippen LogP contribution in [0.5, 0.6) is 0 Å². The summed E-state index contributed by atoms with van der Waals surface area (Å²) < 4.78 is 8.18. The lowest BCUT2D eigenvalue weighted by Gasteiger charge is -2.11. The molecule has 1 N–H and O–H groups in total. The average Bonchev–Trinajstić information content (AvgIpc) is 3.25. The molecule has 0 saturated heterocycles. The van der Waals surface area contributed by atoms with Gasteiger partial charge in [0.25, 0.3) is 5.56 Å². The minimum Gasteiger partial charge on any atom is -0.467 e. The highest BCUT2D eigenvalue weighted by molar-refractivity contribution is 7.17. The smallest absolute Gasteiger partial charge is 0.332 e. The van der Waals surface area contributed by atoms with Crippen LogP contribution in [-0.2, 0) is 24.4 Å². The van der Waals surface area contributed by atoms with Crippen molar-refractivity contribution in [2.24, 2.45) is 0 Å². The zero-order valence-electron chi connectivity index (χ0n) is 13.2. The number of nitrogens with one attached hydrogen (secondary N) is 1. The number of hydrogen-bond acceptors (Lipinski definition) is 5. The van der Waals surface area contributed by atoms with Crippen LogP contribution >= 0.6 is 11.3 Å². The number of carbonyl (C=O) groups is 1. The SMILES string of the molecule is CCCn1c(=O)c2sccc2n(CC(=O)NCc2ccco2)c1=O. The van der Waals surface area contributed by atoms with Crippen molar-refractivity contribution in [3.05, 3.63) is 56.4 Å². The van der Waals surface area contributed by atoms with Gasteiger partial charge in [0.05, 0.1) is 18.3 Å². The lowest BCUT2D eigenvalue weighted by molar-refractivity contribution is -0.121. The number of rotatable bonds is 6. The molecule has 0 aromatic carbocycles. The third-order valence-corrected chi connectivity index (χ3v) is 4.52. The van der Waals surface area contributed by atoms with E-state index in [2.05, 4.69) is 5.32 Å². The molecule has 0 saturated carbocycles.